The molecule has 0 saturated heterocycles. The highest BCUT2D eigenvalue weighted by atomic mass is 32.2. The first-order chi connectivity index (χ1) is 8.55. The summed E-state index contributed by atoms with van der Waals surface area (Å²) in [5.41, 5.74) is 7.87. The molecule has 3 N–H and O–H groups in total. The monoisotopic (exact) mass is 282 g/mol. The Morgan fingerprint density at radius 2 is 1.83 bits per heavy atom. The first-order valence-corrected chi connectivity index (χ1v) is 7.97. The Kier molecular flexibility index (Phi) is 4.00. The molecular weight excluding hydrogens is 268 g/mol. The summed E-state index contributed by atoms with van der Waals surface area (Å²) in [6.07, 6.45) is 0. The van der Waals surface area contributed by atoms with Gasteiger partial charge in [-0.25, -0.2) is 13.1 Å². The van der Waals surface area contributed by atoms with Crippen molar-refractivity contribution in [3.8, 4) is 0 Å². The number of benzene rings is 1. The zero-order valence-corrected chi connectivity index (χ0v) is 11.3. The second kappa shape index (κ2) is 5.51. The molecule has 1 aromatic heterocycles. The molecule has 2 aromatic rings. The molecule has 1 heterocycles. The van der Waals surface area contributed by atoms with Crippen LogP contribution >= 0.6 is 11.3 Å². The number of sulfonamides is 1. The summed E-state index contributed by atoms with van der Waals surface area (Å²) in [7, 11) is -3.31. The molecule has 0 fully saturated rings. The van der Waals surface area contributed by atoms with E-state index in [1.54, 1.807) is 35.6 Å². The highest BCUT2D eigenvalue weighted by Gasteiger charge is 2.11. The lowest BCUT2D eigenvalue weighted by molar-refractivity contribution is 0.580. The van der Waals surface area contributed by atoms with Crippen LogP contribution in [0.2, 0.25) is 0 Å². The van der Waals surface area contributed by atoms with Crippen molar-refractivity contribution >= 4 is 27.0 Å². The van der Waals surface area contributed by atoms with E-state index in [9.17, 15) is 8.42 Å². The summed E-state index contributed by atoms with van der Waals surface area (Å²) in [4.78, 5) is 0. The van der Waals surface area contributed by atoms with Gasteiger partial charge in [0.25, 0.3) is 0 Å². The standard InChI is InChI=1S/C12H14N2O2S2/c13-12-3-1-10(2-4-12)9-18(15,16)14-7-11-5-6-17-8-11/h1-6,8,14H,7,9,13H2. The lowest BCUT2D eigenvalue weighted by Gasteiger charge is -2.06. The summed E-state index contributed by atoms with van der Waals surface area (Å²) >= 11 is 1.55. The SMILES string of the molecule is Nc1ccc(CS(=O)(=O)NCc2ccsc2)cc1. The van der Waals surface area contributed by atoms with Crippen LogP contribution in [-0.2, 0) is 22.3 Å². The van der Waals surface area contributed by atoms with Crippen LogP contribution in [0, 0.1) is 0 Å². The molecule has 1 aromatic carbocycles. The summed E-state index contributed by atoms with van der Waals surface area (Å²) in [5, 5.41) is 3.84. The number of anilines is 1. The van der Waals surface area contributed by atoms with Gasteiger partial charge >= 0.3 is 0 Å². The molecule has 0 aliphatic rings. The van der Waals surface area contributed by atoms with Crippen LogP contribution in [0.5, 0.6) is 0 Å². The van der Waals surface area contributed by atoms with Crippen molar-refractivity contribution in [2.45, 2.75) is 12.3 Å². The molecule has 0 radical (unpaired) electrons. The van der Waals surface area contributed by atoms with Gasteiger partial charge in [-0.2, -0.15) is 11.3 Å². The molecule has 96 valence electrons. The van der Waals surface area contributed by atoms with E-state index in [2.05, 4.69) is 4.72 Å². The van der Waals surface area contributed by atoms with Crippen molar-refractivity contribution < 1.29 is 8.42 Å². The van der Waals surface area contributed by atoms with Gasteiger partial charge in [-0.05, 0) is 40.1 Å². The fourth-order valence-corrected chi connectivity index (χ4v) is 3.26. The van der Waals surface area contributed by atoms with Crippen LogP contribution < -0.4 is 10.5 Å². The van der Waals surface area contributed by atoms with E-state index in [4.69, 9.17) is 5.73 Å². The Hall–Kier alpha value is -1.37. The first kappa shape index (κ1) is 13.1. The van der Waals surface area contributed by atoms with Crippen molar-refractivity contribution in [2.24, 2.45) is 0 Å². The smallest absolute Gasteiger partial charge is 0.216 e. The molecule has 0 atom stereocenters. The second-order valence-corrected chi connectivity index (χ2v) is 6.54. The molecular formula is C12H14N2O2S2. The van der Waals surface area contributed by atoms with Gasteiger partial charge in [-0.15, -0.1) is 0 Å². The molecule has 0 spiro atoms. The van der Waals surface area contributed by atoms with E-state index in [-0.39, 0.29) is 5.75 Å². The highest BCUT2D eigenvalue weighted by molar-refractivity contribution is 7.88. The summed E-state index contributed by atoms with van der Waals surface area (Å²) < 4.78 is 26.3. The third-order valence-corrected chi connectivity index (χ3v) is 4.44. The largest absolute Gasteiger partial charge is 0.399 e. The quantitative estimate of drug-likeness (QED) is 0.823. The Labute approximate surface area is 111 Å². The van der Waals surface area contributed by atoms with E-state index < -0.39 is 10.0 Å². The lowest BCUT2D eigenvalue weighted by atomic mass is 10.2. The number of rotatable bonds is 5. The number of nitrogens with two attached hydrogens (primary N) is 1. The van der Waals surface area contributed by atoms with Gasteiger partial charge in [0, 0.05) is 12.2 Å². The van der Waals surface area contributed by atoms with Gasteiger partial charge in [0.1, 0.15) is 0 Å². The Balaban J connectivity index is 1.97. The van der Waals surface area contributed by atoms with E-state index in [1.165, 1.54) is 0 Å². The number of thiophene rings is 1. The first-order valence-electron chi connectivity index (χ1n) is 5.38. The maximum atomic E-state index is 11.8. The van der Waals surface area contributed by atoms with Crippen LogP contribution in [0.4, 0.5) is 5.69 Å². The third-order valence-electron chi connectivity index (χ3n) is 2.41. The second-order valence-electron chi connectivity index (χ2n) is 3.95. The molecule has 4 nitrogen and oxygen atoms in total. The lowest BCUT2D eigenvalue weighted by Crippen LogP contribution is -2.24. The van der Waals surface area contributed by atoms with Gasteiger partial charge in [-0.1, -0.05) is 12.1 Å². The molecule has 0 aliphatic heterocycles. The Bertz CT molecular complexity index is 590. The topological polar surface area (TPSA) is 72.2 Å². The molecule has 0 bridgehead atoms. The zero-order valence-electron chi connectivity index (χ0n) is 9.67. The van der Waals surface area contributed by atoms with Crippen molar-refractivity contribution in [2.75, 3.05) is 5.73 Å². The normalized spacial score (nSPS) is 11.6. The Morgan fingerprint density at radius 1 is 1.11 bits per heavy atom. The summed E-state index contributed by atoms with van der Waals surface area (Å²) in [6.45, 7) is 0.334. The fraction of sp³-hybridized carbons (Fsp3) is 0.167. The average molecular weight is 282 g/mol. The molecule has 6 heteroatoms. The number of hydrogen-bond donors (Lipinski definition) is 2. The van der Waals surface area contributed by atoms with Crippen LogP contribution in [0.1, 0.15) is 11.1 Å². The number of nitrogen functional groups attached to an aromatic ring is 1. The Morgan fingerprint density at radius 3 is 2.44 bits per heavy atom. The van der Waals surface area contributed by atoms with Gasteiger partial charge in [0.05, 0.1) is 5.75 Å². The van der Waals surface area contributed by atoms with Gasteiger partial charge < -0.3 is 5.73 Å². The van der Waals surface area contributed by atoms with E-state index in [0.717, 1.165) is 11.1 Å². The van der Waals surface area contributed by atoms with Crippen LogP contribution in [0.15, 0.2) is 41.1 Å². The molecule has 2 rings (SSSR count). The molecule has 0 aliphatic carbocycles. The maximum absolute atomic E-state index is 11.8. The maximum Gasteiger partial charge on any atom is 0.216 e. The number of hydrogen-bond acceptors (Lipinski definition) is 4. The van der Waals surface area contributed by atoms with Gasteiger partial charge in [0.2, 0.25) is 10.0 Å². The van der Waals surface area contributed by atoms with Crippen molar-refractivity contribution in [1.29, 1.82) is 0 Å². The molecule has 0 saturated carbocycles. The minimum Gasteiger partial charge on any atom is -0.399 e. The summed E-state index contributed by atoms with van der Waals surface area (Å²) in [5.74, 6) is -0.0303. The van der Waals surface area contributed by atoms with Gasteiger partial charge in [0.15, 0.2) is 0 Å². The van der Waals surface area contributed by atoms with Crippen molar-refractivity contribution in [1.82, 2.24) is 4.72 Å². The van der Waals surface area contributed by atoms with Crippen LogP contribution in [-0.4, -0.2) is 8.42 Å². The summed E-state index contributed by atoms with van der Waals surface area (Å²) in [6, 6.07) is 8.74. The van der Waals surface area contributed by atoms with Crippen LogP contribution in [0.25, 0.3) is 0 Å². The zero-order chi connectivity index (χ0) is 13.0. The number of nitrogens with one attached hydrogen (secondary N) is 1. The van der Waals surface area contributed by atoms with Crippen molar-refractivity contribution in [3.05, 3.63) is 52.2 Å². The molecule has 18 heavy (non-hydrogen) atoms. The van der Waals surface area contributed by atoms with E-state index >= 15 is 0 Å². The molecule has 0 unspecified atom stereocenters. The average Bonchev–Trinajstić information content (AvgIpc) is 2.83. The molecule has 0 amide bonds. The minimum absolute atomic E-state index is 0.0303. The van der Waals surface area contributed by atoms with Crippen molar-refractivity contribution in [3.63, 3.8) is 0 Å². The highest BCUT2D eigenvalue weighted by Crippen LogP contribution is 2.10. The van der Waals surface area contributed by atoms with Crippen LogP contribution in [0.3, 0.4) is 0 Å². The predicted molar refractivity (Wildman–Crippen MR) is 74.6 cm³/mol. The van der Waals surface area contributed by atoms with E-state index in [0.29, 0.717) is 12.2 Å². The minimum atomic E-state index is -3.31. The van der Waals surface area contributed by atoms with E-state index in [1.807, 2.05) is 16.8 Å². The third kappa shape index (κ3) is 3.83. The van der Waals surface area contributed by atoms with Gasteiger partial charge in [-0.3, -0.25) is 0 Å². The predicted octanol–water partition coefficient (Wildman–Crippen LogP) is 1.95. The fourth-order valence-electron chi connectivity index (χ4n) is 1.47.